The minimum atomic E-state index is 0.931. The lowest BCUT2D eigenvalue weighted by atomic mass is 9.99. The molecule has 0 aliphatic heterocycles. The highest BCUT2D eigenvalue weighted by Gasteiger charge is 2.20. The first-order valence-corrected chi connectivity index (χ1v) is 12.7. The fraction of sp³-hybridized carbons (Fsp3) is 0. The Balaban J connectivity index is 1.66. The van der Waals surface area contributed by atoms with Gasteiger partial charge in [-0.3, -0.25) is 0 Å². The summed E-state index contributed by atoms with van der Waals surface area (Å²) in [5.74, 6) is 0. The van der Waals surface area contributed by atoms with Gasteiger partial charge in [-0.05, 0) is 18.2 Å². The molecule has 2 nitrogen and oxygen atoms in total. The van der Waals surface area contributed by atoms with Gasteiger partial charge in [0.2, 0.25) is 0 Å². The van der Waals surface area contributed by atoms with E-state index in [9.17, 15) is 0 Å². The van der Waals surface area contributed by atoms with Crippen LogP contribution in [0.15, 0.2) is 108 Å². The fourth-order valence-electron chi connectivity index (χ4n) is 6.08. The Morgan fingerprint density at radius 1 is 0.543 bits per heavy atom. The summed E-state index contributed by atoms with van der Waals surface area (Å²) >= 11 is 1.89. The normalized spacial score (nSPS) is 12.6. The molecule has 0 bridgehead atoms. The Morgan fingerprint density at radius 3 is 2.14 bits per heavy atom. The number of hydrogen-bond acceptors (Lipinski definition) is 2. The number of benzene rings is 5. The van der Waals surface area contributed by atoms with E-state index in [2.05, 4.69) is 102 Å². The molecule has 0 atom stereocenters. The molecule has 0 spiro atoms. The Hall–Kier alpha value is -4.34. The lowest BCUT2D eigenvalue weighted by molar-refractivity contribution is 0.671. The van der Waals surface area contributed by atoms with Crippen LogP contribution in [0, 0.1) is 0 Å². The zero-order valence-electron chi connectivity index (χ0n) is 18.6. The van der Waals surface area contributed by atoms with Crippen molar-refractivity contribution < 1.29 is 4.42 Å². The van der Waals surface area contributed by atoms with Gasteiger partial charge in [-0.2, -0.15) is 0 Å². The molecule has 4 heterocycles. The van der Waals surface area contributed by atoms with E-state index >= 15 is 0 Å². The summed E-state index contributed by atoms with van der Waals surface area (Å²) in [5.41, 5.74) is 4.27. The number of hydrogen-bond donors (Lipinski definition) is 0. The van der Waals surface area contributed by atoms with Crippen molar-refractivity contribution in [3.05, 3.63) is 103 Å². The van der Waals surface area contributed by atoms with E-state index in [0.717, 1.165) is 27.5 Å². The predicted octanol–water partition coefficient (Wildman–Crippen LogP) is 9.67. The number of nitrogens with zero attached hydrogens (tertiary/aromatic N) is 1. The molecule has 0 N–H and O–H groups in total. The van der Waals surface area contributed by atoms with Crippen molar-refractivity contribution in [1.29, 1.82) is 0 Å². The lowest BCUT2D eigenvalue weighted by Gasteiger charge is -2.11. The zero-order valence-corrected chi connectivity index (χ0v) is 19.4. The molecule has 0 fully saturated rings. The molecule has 35 heavy (non-hydrogen) atoms. The van der Waals surface area contributed by atoms with E-state index in [1.54, 1.807) is 0 Å². The molecule has 9 rings (SSSR count). The summed E-state index contributed by atoms with van der Waals surface area (Å²) in [6, 6.07) is 35.0. The first kappa shape index (κ1) is 18.0. The largest absolute Gasteiger partial charge is 0.454 e. The summed E-state index contributed by atoms with van der Waals surface area (Å²) < 4.78 is 11.6. The lowest BCUT2D eigenvalue weighted by Crippen LogP contribution is -1.90. The minimum Gasteiger partial charge on any atom is -0.454 e. The highest BCUT2D eigenvalue weighted by Crippen LogP contribution is 2.46. The van der Waals surface area contributed by atoms with Crippen LogP contribution in [0.2, 0.25) is 0 Å². The fourth-order valence-corrected chi connectivity index (χ4v) is 7.34. The maximum absolute atomic E-state index is 6.57. The molecular formula is C32H17NOS. The van der Waals surface area contributed by atoms with Crippen LogP contribution < -0.4 is 0 Å². The van der Waals surface area contributed by atoms with E-state index in [-0.39, 0.29) is 0 Å². The van der Waals surface area contributed by atoms with Gasteiger partial charge in [0.1, 0.15) is 5.58 Å². The van der Waals surface area contributed by atoms with E-state index in [1.807, 2.05) is 17.4 Å². The topological polar surface area (TPSA) is 17.6 Å². The van der Waals surface area contributed by atoms with Crippen molar-refractivity contribution in [1.82, 2.24) is 4.40 Å². The van der Waals surface area contributed by atoms with Crippen LogP contribution in [0.3, 0.4) is 0 Å². The maximum Gasteiger partial charge on any atom is 0.160 e. The van der Waals surface area contributed by atoms with Crippen molar-refractivity contribution in [2.24, 2.45) is 0 Å². The zero-order chi connectivity index (χ0) is 22.7. The van der Waals surface area contributed by atoms with Crippen LogP contribution >= 0.6 is 11.3 Å². The second-order valence-electron chi connectivity index (χ2n) is 9.33. The van der Waals surface area contributed by atoms with Gasteiger partial charge in [-0.15, -0.1) is 11.3 Å². The van der Waals surface area contributed by atoms with Gasteiger partial charge in [-0.25, -0.2) is 0 Å². The van der Waals surface area contributed by atoms with Crippen molar-refractivity contribution in [3.8, 4) is 0 Å². The summed E-state index contributed by atoms with van der Waals surface area (Å²) in [6.45, 7) is 0. The second-order valence-corrected chi connectivity index (χ2v) is 10.4. The van der Waals surface area contributed by atoms with Gasteiger partial charge in [0.15, 0.2) is 5.58 Å². The number of thiophene rings is 1. The van der Waals surface area contributed by atoms with Gasteiger partial charge >= 0.3 is 0 Å². The van der Waals surface area contributed by atoms with Crippen LogP contribution in [-0.4, -0.2) is 4.40 Å². The molecule has 0 saturated heterocycles. The molecule has 5 aromatic carbocycles. The average Bonchev–Trinajstić information content (AvgIpc) is 3.59. The van der Waals surface area contributed by atoms with Crippen LogP contribution in [-0.2, 0) is 0 Å². The van der Waals surface area contributed by atoms with Gasteiger partial charge in [0, 0.05) is 64.1 Å². The SMILES string of the molecule is c1ccc2c(c1)cn1c2c2ccc3c4ccccc4sc3c2c2ccc3c4ccccc4oc3c21. The molecule has 0 unspecified atom stereocenters. The van der Waals surface area contributed by atoms with E-state index < -0.39 is 0 Å². The highest BCUT2D eigenvalue weighted by molar-refractivity contribution is 7.26. The van der Waals surface area contributed by atoms with Crippen LogP contribution in [0.1, 0.15) is 0 Å². The molecule has 3 heteroatoms. The Labute approximate surface area is 203 Å². The monoisotopic (exact) mass is 463 g/mol. The molecule has 9 aromatic rings. The summed E-state index contributed by atoms with van der Waals surface area (Å²) in [4.78, 5) is 0. The number of fused-ring (bicyclic) bond motifs is 16. The van der Waals surface area contributed by atoms with Crippen LogP contribution in [0.4, 0.5) is 0 Å². The molecule has 4 aromatic heterocycles. The summed E-state index contributed by atoms with van der Waals surface area (Å²) in [6.07, 6.45) is 2.27. The number of pyridine rings is 1. The van der Waals surface area contributed by atoms with E-state index in [0.29, 0.717) is 0 Å². The van der Waals surface area contributed by atoms with E-state index in [4.69, 9.17) is 4.42 Å². The Morgan fingerprint density at radius 2 is 1.23 bits per heavy atom. The van der Waals surface area contributed by atoms with Crippen molar-refractivity contribution in [3.63, 3.8) is 0 Å². The summed E-state index contributed by atoms with van der Waals surface area (Å²) in [7, 11) is 0. The third kappa shape index (κ3) is 2.15. The number of rotatable bonds is 0. The number of para-hydroxylation sites is 1. The minimum absolute atomic E-state index is 0.931. The van der Waals surface area contributed by atoms with Crippen molar-refractivity contribution in [2.45, 2.75) is 0 Å². The van der Waals surface area contributed by atoms with Crippen LogP contribution in [0.25, 0.3) is 80.1 Å². The van der Waals surface area contributed by atoms with Gasteiger partial charge in [-0.1, -0.05) is 78.9 Å². The Kier molecular flexibility index (Phi) is 3.20. The van der Waals surface area contributed by atoms with Crippen molar-refractivity contribution in [2.75, 3.05) is 0 Å². The second kappa shape index (κ2) is 6.21. The van der Waals surface area contributed by atoms with Crippen LogP contribution in [0.5, 0.6) is 0 Å². The predicted molar refractivity (Wildman–Crippen MR) is 150 cm³/mol. The molecule has 0 aliphatic rings. The average molecular weight is 464 g/mol. The molecule has 0 aliphatic carbocycles. The van der Waals surface area contributed by atoms with Crippen molar-refractivity contribution >= 4 is 91.4 Å². The standard InChI is InChI=1S/C32H17NOS/c1-2-8-19-18(7-1)17-33-29(19)24-16-14-23-21-10-4-6-12-27(21)35-32(23)28(24)25-15-13-22-20-9-3-5-11-26(20)34-31(22)30(25)33/h1-17H. The number of aromatic nitrogens is 1. The molecule has 162 valence electrons. The molecule has 0 saturated carbocycles. The van der Waals surface area contributed by atoms with E-state index in [1.165, 1.54) is 52.6 Å². The maximum atomic E-state index is 6.57. The molecule has 0 amide bonds. The van der Waals surface area contributed by atoms with Gasteiger partial charge in [0.25, 0.3) is 0 Å². The molecule has 0 radical (unpaired) electrons. The van der Waals surface area contributed by atoms with Gasteiger partial charge < -0.3 is 8.82 Å². The van der Waals surface area contributed by atoms with Gasteiger partial charge in [0.05, 0.1) is 11.0 Å². The smallest absolute Gasteiger partial charge is 0.160 e. The third-order valence-electron chi connectivity index (χ3n) is 7.56. The molecular weight excluding hydrogens is 446 g/mol. The quantitative estimate of drug-likeness (QED) is 0.205. The summed E-state index contributed by atoms with van der Waals surface area (Å²) in [5, 5.41) is 11.3. The first-order chi connectivity index (χ1) is 17.4. The Bertz CT molecular complexity index is 2330. The number of furan rings is 1. The first-order valence-electron chi connectivity index (χ1n) is 11.9. The third-order valence-corrected chi connectivity index (χ3v) is 8.76. The highest BCUT2D eigenvalue weighted by atomic mass is 32.1.